The van der Waals surface area contributed by atoms with Crippen molar-refractivity contribution in [3.8, 4) is 5.69 Å². The Balaban J connectivity index is 1.62. The molecule has 0 saturated heterocycles. The zero-order valence-electron chi connectivity index (χ0n) is 18.8. The third-order valence-corrected chi connectivity index (χ3v) is 6.13. The molecule has 7 nitrogen and oxygen atoms in total. The van der Waals surface area contributed by atoms with Crippen LogP contribution in [0.1, 0.15) is 43.1 Å². The molecule has 33 heavy (non-hydrogen) atoms. The number of imide groups is 1. The Labute approximate surface area is 190 Å². The molecule has 3 aromatic carbocycles. The highest BCUT2D eigenvalue weighted by molar-refractivity contribution is 6.26. The van der Waals surface area contributed by atoms with Gasteiger partial charge in [0.05, 0.1) is 16.9 Å². The van der Waals surface area contributed by atoms with Gasteiger partial charge in [0.1, 0.15) is 0 Å². The number of aromatic nitrogens is 2. The smallest absolute Gasteiger partial charge is 0.280 e. The van der Waals surface area contributed by atoms with E-state index >= 15 is 0 Å². The van der Waals surface area contributed by atoms with Crippen LogP contribution in [-0.4, -0.2) is 39.8 Å². The first-order valence-electron chi connectivity index (χ1n) is 10.6. The van der Waals surface area contributed by atoms with Crippen molar-refractivity contribution in [3.63, 3.8) is 0 Å². The lowest BCUT2D eigenvalue weighted by Gasteiger charge is -2.24. The molecule has 0 atom stereocenters. The lowest BCUT2D eigenvalue weighted by atomic mass is 9.93. The molecule has 0 fully saturated rings. The SMILES string of the molecule is Cc1ccc(-n2[nH]c(C)c(C=Nc3ccc4c5c(cccc35)C(=O)N(C)C4=O)c2=O)c(C)c1. The number of nitrogens with one attached hydrogen (secondary N) is 1. The number of carbonyl (C=O) groups is 2. The summed E-state index contributed by atoms with van der Waals surface area (Å²) in [4.78, 5) is 44.0. The average molecular weight is 438 g/mol. The lowest BCUT2D eigenvalue weighted by molar-refractivity contribution is 0.0650. The number of hydrogen-bond acceptors (Lipinski definition) is 4. The average Bonchev–Trinajstić information content (AvgIpc) is 3.07. The number of aryl methyl sites for hydroxylation is 3. The summed E-state index contributed by atoms with van der Waals surface area (Å²) in [5, 5.41) is 4.42. The van der Waals surface area contributed by atoms with Crippen LogP contribution in [0.15, 0.2) is 58.3 Å². The van der Waals surface area contributed by atoms with Crippen LogP contribution in [-0.2, 0) is 0 Å². The first kappa shape index (κ1) is 20.6. The van der Waals surface area contributed by atoms with E-state index < -0.39 is 0 Å². The molecule has 7 heteroatoms. The van der Waals surface area contributed by atoms with Crippen LogP contribution in [0, 0.1) is 20.8 Å². The van der Waals surface area contributed by atoms with Crippen molar-refractivity contribution in [3.05, 3.63) is 92.4 Å². The fourth-order valence-electron chi connectivity index (χ4n) is 4.39. The van der Waals surface area contributed by atoms with Gasteiger partial charge in [0.15, 0.2) is 0 Å². The zero-order valence-corrected chi connectivity index (χ0v) is 18.8. The Kier molecular flexibility index (Phi) is 4.63. The molecule has 2 heterocycles. The van der Waals surface area contributed by atoms with E-state index in [0.29, 0.717) is 38.8 Å². The molecule has 0 bridgehead atoms. The number of aliphatic imine (C=N–C) groups is 1. The van der Waals surface area contributed by atoms with E-state index in [1.165, 1.54) is 17.9 Å². The molecule has 5 rings (SSSR count). The molecule has 2 amide bonds. The van der Waals surface area contributed by atoms with Crippen molar-refractivity contribution in [1.29, 1.82) is 0 Å². The molecule has 1 aromatic heterocycles. The van der Waals surface area contributed by atoms with Crippen LogP contribution in [0.3, 0.4) is 0 Å². The minimum atomic E-state index is -0.336. The summed E-state index contributed by atoms with van der Waals surface area (Å²) in [6.07, 6.45) is 1.54. The normalized spacial score (nSPS) is 13.5. The van der Waals surface area contributed by atoms with Gasteiger partial charge in [-0.15, -0.1) is 0 Å². The maximum absolute atomic E-state index is 13.1. The van der Waals surface area contributed by atoms with Gasteiger partial charge in [-0.3, -0.25) is 29.4 Å². The highest BCUT2D eigenvalue weighted by Gasteiger charge is 2.30. The quantitative estimate of drug-likeness (QED) is 0.384. The summed E-state index contributed by atoms with van der Waals surface area (Å²) >= 11 is 0. The van der Waals surface area contributed by atoms with Crippen molar-refractivity contribution in [2.75, 3.05) is 7.05 Å². The molecular formula is C26H22N4O3. The maximum atomic E-state index is 13.1. The van der Waals surface area contributed by atoms with Crippen LogP contribution < -0.4 is 5.56 Å². The van der Waals surface area contributed by atoms with Gasteiger partial charge in [0.2, 0.25) is 0 Å². The molecule has 1 aliphatic heterocycles. The van der Waals surface area contributed by atoms with E-state index in [9.17, 15) is 14.4 Å². The van der Waals surface area contributed by atoms with Gasteiger partial charge in [-0.25, -0.2) is 4.68 Å². The molecule has 0 aliphatic carbocycles. The Hall–Kier alpha value is -4.26. The van der Waals surface area contributed by atoms with Gasteiger partial charge in [-0.2, -0.15) is 0 Å². The highest BCUT2D eigenvalue weighted by Crippen LogP contribution is 2.35. The number of aromatic amines is 1. The Morgan fingerprint density at radius 2 is 1.64 bits per heavy atom. The summed E-state index contributed by atoms with van der Waals surface area (Å²) < 4.78 is 1.52. The first-order valence-corrected chi connectivity index (χ1v) is 10.6. The van der Waals surface area contributed by atoms with Crippen molar-refractivity contribution in [1.82, 2.24) is 14.7 Å². The number of benzene rings is 3. The fourth-order valence-corrected chi connectivity index (χ4v) is 4.39. The van der Waals surface area contributed by atoms with Crippen molar-refractivity contribution >= 4 is 34.5 Å². The highest BCUT2D eigenvalue weighted by atomic mass is 16.2. The largest absolute Gasteiger partial charge is 0.295 e. The van der Waals surface area contributed by atoms with Gasteiger partial charge in [0, 0.05) is 40.9 Å². The number of hydrogen-bond donors (Lipinski definition) is 1. The van der Waals surface area contributed by atoms with Gasteiger partial charge in [0.25, 0.3) is 17.4 Å². The topological polar surface area (TPSA) is 87.5 Å². The second-order valence-corrected chi connectivity index (χ2v) is 8.37. The van der Waals surface area contributed by atoms with E-state index in [4.69, 9.17) is 0 Å². The van der Waals surface area contributed by atoms with E-state index in [1.807, 2.05) is 45.0 Å². The first-order chi connectivity index (χ1) is 15.8. The third kappa shape index (κ3) is 3.12. The van der Waals surface area contributed by atoms with Crippen LogP contribution in [0.25, 0.3) is 16.5 Å². The summed E-state index contributed by atoms with van der Waals surface area (Å²) in [6, 6.07) is 14.7. The number of amides is 2. The van der Waals surface area contributed by atoms with E-state index in [2.05, 4.69) is 10.1 Å². The van der Waals surface area contributed by atoms with Crippen molar-refractivity contribution in [2.45, 2.75) is 20.8 Å². The minimum Gasteiger partial charge on any atom is -0.295 e. The standard InChI is InChI=1S/C26H22N4O3/c1-14-8-11-22(15(2)12-14)30-26(33)20(16(3)28-30)13-27-21-10-9-19-23-17(21)6-5-7-18(23)24(31)29(4)25(19)32/h5-13,28H,1-4H3. The second-order valence-electron chi connectivity index (χ2n) is 8.37. The van der Waals surface area contributed by atoms with Gasteiger partial charge in [-0.05, 0) is 50.6 Å². The van der Waals surface area contributed by atoms with Gasteiger partial charge in [-0.1, -0.05) is 29.8 Å². The summed E-state index contributed by atoms with van der Waals surface area (Å²) in [5.41, 5.74) is 5.37. The monoisotopic (exact) mass is 438 g/mol. The van der Waals surface area contributed by atoms with Crippen molar-refractivity contribution in [2.24, 2.45) is 4.99 Å². The van der Waals surface area contributed by atoms with E-state index in [1.54, 1.807) is 24.3 Å². The number of carbonyl (C=O) groups excluding carboxylic acids is 2. The van der Waals surface area contributed by atoms with Crippen LogP contribution in [0.5, 0.6) is 0 Å². The Bertz CT molecular complexity index is 1550. The molecule has 1 aliphatic rings. The van der Waals surface area contributed by atoms with E-state index in [-0.39, 0.29) is 17.4 Å². The summed E-state index contributed by atoms with van der Waals surface area (Å²) in [6.45, 7) is 5.80. The molecule has 4 aromatic rings. The number of nitrogens with zero attached hydrogens (tertiary/aromatic N) is 3. The summed E-state index contributed by atoms with van der Waals surface area (Å²) in [5.74, 6) is -0.672. The minimum absolute atomic E-state index is 0.196. The molecule has 0 radical (unpaired) electrons. The fraction of sp³-hybridized carbons (Fsp3) is 0.154. The molecule has 1 N–H and O–H groups in total. The molecular weight excluding hydrogens is 416 g/mol. The second kappa shape index (κ2) is 7.41. The molecule has 0 saturated carbocycles. The molecule has 164 valence electrons. The predicted octanol–water partition coefficient (Wildman–Crippen LogP) is 4.22. The van der Waals surface area contributed by atoms with Crippen LogP contribution >= 0.6 is 0 Å². The third-order valence-electron chi connectivity index (χ3n) is 6.13. The van der Waals surface area contributed by atoms with Gasteiger partial charge < -0.3 is 0 Å². The zero-order chi connectivity index (χ0) is 23.4. The maximum Gasteiger partial charge on any atom is 0.280 e. The lowest BCUT2D eigenvalue weighted by Crippen LogP contribution is -2.36. The Morgan fingerprint density at radius 1 is 0.909 bits per heavy atom. The van der Waals surface area contributed by atoms with Crippen LogP contribution in [0.4, 0.5) is 5.69 Å². The van der Waals surface area contributed by atoms with Crippen molar-refractivity contribution < 1.29 is 9.59 Å². The number of H-pyrrole nitrogens is 1. The van der Waals surface area contributed by atoms with E-state index in [0.717, 1.165) is 21.7 Å². The number of rotatable bonds is 3. The van der Waals surface area contributed by atoms with Crippen LogP contribution in [0.2, 0.25) is 0 Å². The Morgan fingerprint density at radius 3 is 2.36 bits per heavy atom. The predicted molar refractivity (Wildman–Crippen MR) is 128 cm³/mol. The molecule has 0 spiro atoms. The summed E-state index contributed by atoms with van der Waals surface area (Å²) in [7, 11) is 1.48. The van der Waals surface area contributed by atoms with Gasteiger partial charge >= 0.3 is 0 Å². The molecule has 0 unspecified atom stereocenters.